The Kier molecular flexibility index (Phi) is 6.68. The van der Waals surface area contributed by atoms with Crippen LogP contribution in [0.25, 0.3) is 16.7 Å². The van der Waals surface area contributed by atoms with Crippen LogP contribution in [-0.4, -0.2) is 21.0 Å². The van der Waals surface area contributed by atoms with E-state index in [-0.39, 0.29) is 11.9 Å². The molecule has 2 atom stereocenters. The van der Waals surface area contributed by atoms with Crippen LogP contribution in [0.3, 0.4) is 0 Å². The Hall–Kier alpha value is -2.69. The van der Waals surface area contributed by atoms with Crippen molar-refractivity contribution in [2.24, 2.45) is 0 Å². The normalized spacial score (nSPS) is 13.4. The molecule has 0 amide bonds. The lowest BCUT2D eigenvalue weighted by Crippen LogP contribution is -2.12. The van der Waals surface area contributed by atoms with Gasteiger partial charge in [0.1, 0.15) is 16.7 Å². The zero-order chi connectivity index (χ0) is 21.0. The molecule has 3 aromatic rings. The zero-order valence-electron chi connectivity index (χ0n) is 18.1. The Morgan fingerprint density at radius 1 is 1.00 bits per heavy atom. The first-order valence-electron chi connectivity index (χ1n) is 10.6. The van der Waals surface area contributed by atoms with E-state index in [9.17, 15) is 4.79 Å². The van der Waals surface area contributed by atoms with Crippen molar-refractivity contribution in [3.05, 3.63) is 47.5 Å². The molecule has 0 saturated carbocycles. The Morgan fingerprint density at radius 2 is 1.59 bits per heavy atom. The van der Waals surface area contributed by atoms with E-state index in [0.717, 1.165) is 48.0 Å². The van der Waals surface area contributed by atoms with Crippen LogP contribution in [-0.2, 0) is 4.79 Å². The van der Waals surface area contributed by atoms with Crippen LogP contribution in [0.5, 0.6) is 5.75 Å². The van der Waals surface area contributed by atoms with E-state index in [1.807, 2.05) is 24.3 Å². The van der Waals surface area contributed by atoms with Gasteiger partial charge in [0.05, 0.1) is 0 Å². The third kappa shape index (κ3) is 4.66. The average Bonchev–Trinajstić information content (AvgIpc) is 3.12. The topological polar surface area (TPSA) is 57.0 Å². The van der Waals surface area contributed by atoms with E-state index in [1.54, 1.807) is 4.80 Å². The molecule has 0 aliphatic rings. The molecular formula is C24H31N3O2. The lowest BCUT2D eigenvalue weighted by atomic mass is 9.88. The van der Waals surface area contributed by atoms with E-state index in [4.69, 9.17) is 4.74 Å². The monoisotopic (exact) mass is 393 g/mol. The molecule has 2 unspecified atom stereocenters. The fourth-order valence-electron chi connectivity index (χ4n) is 3.87. The van der Waals surface area contributed by atoms with Gasteiger partial charge in [0.15, 0.2) is 5.75 Å². The van der Waals surface area contributed by atoms with Crippen molar-refractivity contribution in [3.8, 4) is 11.4 Å². The lowest BCUT2D eigenvalue weighted by molar-refractivity contribution is -0.131. The second kappa shape index (κ2) is 9.21. The van der Waals surface area contributed by atoms with E-state index in [1.165, 1.54) is 12.5 Å². The fourth-order valence-corrected chi connectivity index (χ4v) is 3.87. The van der Waals surface area contributed by atoms with Gasteiger partial charge < -0.3 is 4.74 Å². The van der Waals surface area contributed by atoms with E-state index >= 15 is 0 Å². The fraction of sp³-hybridized carbons (Fsp3) is 0.458. The summed E-state index contributed by atoms with van der Waals surface area (Å²) in [5.41, 5.74) is 4.65. The largest absolute Gasteiger partial charge is 0.424 e. The van der Waals surface area contributed by atoms with Gasteiger partial charge in [-0.25, -0.2) is 0 Å². The number of carbonyl (C=O) groups excluding carboxylic acids is 1. The number of ether oxygens (including phenoxy) is 1. The minimum absolute atomic E-state index is 0.270. The predicted molar refractivity (Wildman–Crippen MR) is 117 cm³/mol. The van der Waals surface area contributed by atoms with Crippen molar-refractivity contribution in [1.29, 1.82) is 0 Å². The molecule has 1 aromatic heterocycles. The molecule has 0 aliphatic carbocycles. The first kappa shape index (κ1) is 21.0. The molecule has 0 aliphatic heterocycles. The minimum atomic E-state index is -0.331. The second-order valence-electron chi connectivity index (χ2n) is 7.91. The first-order valence-corrected chi connectivity index (χ1v) is 10.6. The number of aromatic nitrogens is 3. The molecule has 0 saturated heterocycles. The molecule has 5 heteroatoms. The highest BCUT2D eigenvalue weighted by Gasteiger charge is 2.23. The number of rotatable bonds is 8. The van der Waals surface area contributed by atoms with Gasteiger partial charge in [0.25, 0.3) is 0 Å². The summed E-state index contributed by atoms with van der Waals surface area (Å²) < 4.78 is 5.75. The van der Waals surface area contributed by atoms with Crippen LogP contribution in [0.4, 0.5) is 0 Å². The van der Waals surface area contributed by atoms with Gasteiger partial charge in [-0.3, -0.25) is 4.79 Å². The van der Waals surface area contributed by atoms with Gasteiger partial charge in [0.2, 0.25) is 0 Å². The summed E-state index contributed by atoms with van der Waals surface area (Å²) in [4.78, 5) is 13.6. The van der Waals surface area contributed by atoms with Crippen LogP contribution >= 0.6 is 0 Å². The molecule has 0 fully saturated rings. The van der Waals surface area contributed by atoms with Crippen molar-refractivity contribution in [2.45, 2.75) is 72.1 Å². The highest BCUT2D eigenvalue weighted by molar-refractivity contribution is 5.75. The molecule has 0 bridgehead atoms. The maximum absolute atomic E-state index is 12.0. The number of hydrogen-bond acceptors (Lipinski definition) is 4. The molecule has 5 nitrogen and oxygen atoms in total. The Balaban J connectivity index is 2.25. The Morgan fingerprint density at radius 3 is 2.14 bits per heavy atom. The molecule has 0 spiro atoms. The summed E-state index contributed by atoms with van der Waals surface area (Å²) in [6.45, 7) is 10.3. The van der Waals surface area contributed by atoms with E-state index in [0.29, 0.717) is 11.7 Å². The molecule has 2 aromatic carbocycles. The molecule has 0 N–H and O–H groups in total. The minimum Gasteiger partial charge on any atom is -0.424 e. The highest BCUT2D eigenvalue weighted by Crippen LogP contribution is 2.38. The number of fused-ring (bicyclic) bond motifs is 1. The predicted octanol–water partition coefficient (Wildman–Crippen LogP) is 6.15. The average molecular weight is 394 g/mol. The Bertz CT molecular complexity index is 960. The molecule has 0 radical (unpaired) electrons. The molecule has 3 rings (SSSR count). The first-order chi connectivity index (χ1) is 13.9. The van der Waals surface area contributed by atoms with E-state index in [2.05, 4.69) is 50.0 Å². The number of benzene rings is 2. The number of hydrogen-bond donors (Lipinski definition) is 0. The summed E-state index contributed by atoms with van der Waals surface area (Å²) in [5, 5.41) is 9.32. The smallest absolute Gasteiger partial charge is 0.308 e. The second-order valence-corrected chi connectivity index (χ2v) is 7.91. The van der Waals surface area contributed by atoms with Crippen molar-refractivity contribution >= 4 is 17.0 Å². The van der Waals surface area contributed by atoms with Crippen LogP contribution in [0.2, 0.25) is 0 Å². The summed E-state index contributed by atoms with van der Waals surface area (Å²) in [5.74, 6) is 0.919. The molecule has 154 valence electrons. The van der Waals surface area contributed by atoms with Gasteiger partial charge in [-0.1, -0.05) is 58.7 Å². The standard InChI is InChI=1S/C24H31N3O2/c1-6-10-16(3)19-14-20(17(4)11-7-2)24(29-18(5)28)23(15-19)27-25-21-12-8-9-13-22(21)26-27/h8-9,12-17H,6-7,10-11H2,1-5H3. The van der Waals surface area contributed by atoms with Crippen molar-refractivity contribution in [2.75, 3.05) is 0 Å². The third-order valence-electron chi connectivity index (χ3n) is 5.41. The SMILES string of the molecule is CCCC(C)c1cc(C(C)CCC)c(OC(C)=O)c(-n2nc3ccccc3n2)c1. The molecule has 1 heterocycles. The highest BCUT2D eigenvalue weighted by atomic mass is 16.5. The maximum Gasteiger partial charge on any atom is 0.308 e. The summed E-state index contributed by atoms with van der Waals surface area (Å²) in [6.07, 6.45) is 4.30. The van der Waals surface area contributed by atoms with Gasteiger partial charge in [-0.15, -0.1) is 15.0 Å². The van der Waals surface area contributed by atoms with Crippen molar-refractivity contribution in [3.63, 3.8) is 0 Å². The Labute approximate surface area is 173 Å². The molecular weight excluding hydrogens is 362 g/mol. The summed E-state index contributed by atoms with van der Waals surface area (Å²) >= 11 is 0. The van der Waals surface area contributed by atoms with Crippen LogP contribution in [0, 0.1) is 0 Å². The number of nitrogens with zero attached hydrogens (tertiary/aromatic N) is 3. The van der Waals surface area contributed by atoms with Gasteiger partial charge >= 0.3 is 5.97 Å². The summed E-state index contributed by atoms with van der Waals surface area (Å²) in [7, 11) is 0. The van der Waals surface area contributed by atoms with Crippen LogP contribution < -0.4 is 4.74 Å². The van der Waals surface area contributed by atoms with Crippen LogP contribution in [0.15, 0.2) is 36.4 Å². The maximum atomic E-state index is 12.0. The number of carbonyl (C=O) groups is 1. The van der Waals surface area contributed by atoms with Gasteiger partial charge in [0, 0.05) is 12.5 Å². The third-order valence-corrected chi connectivity index (χ3v) is 5.41. The van der Waals surface area contributed by atoms with E-state index < -0.39 is 0 Å². The molecule has 29 heavy (non-hydrogen) atoms. The van der Waals surface area contributed by atoms with Gasteiger partial charge in [-0.2, -0.15) is 0 Å². The van der Waals surface area contributed by atoms with Crippen molar-refractivity contribution in [1.82, 2.24) is 15.0 Å². The zero-order valence-corrected chi connectivity index (χ0v) is 18.1. The van der Waals surface area contributed by atoms with Crippen molar-refractivity contribution < 1.29 is 9.53 Å². The van der Waals surface area contributed by atoms with Crippen LogP contribution in [0.1, 0.15) is 83.3 Å². The lowest BCUT2D eigenvalue weighted by Gasteiger charge is -2.22. The quantitative estimate of drug-likeness (QED) is 0.340. The van der Waals surface area contributed by atoms with Gasteiger partial charge in [-0.05, 0) is 48.4 Å². The number of esters is 1. The summed E-state index contributed by atoms with van der Waals surface area (Å²) in [6, 6.07) is 12.1.